The van der Waals surface area contributed by atoms with Crippen LogP contribution in [0.4, 0.5) is 14.9 Å². The molecule has 0 saturated carbocycles. The van der Waals surface area contributed by atoms with Crippen LogP contribution >= 0.6 is 0 Å². The van der Waals surface area contributed by atoms with Gasteiger partial charge in [-0.1, -0.05) is 12.2 Å². The Morgan fingerprint density at radius 2 is 1.85 bits per heavy atom. The van der Waals surface area contributed by atoms with E-state index in [9.17, 15) is 29.0 Å². The van der Waals surface area contributed by atoms with Crippen molar-refractivity contribution in [1.29, 1.82) is 0 Å². The second-order valence-corrected chi connectivity index (χ2v) is 10.1. The van der Waals surface area contributed by atoms with Crippen LogP contribution in [0.1, 0.15) is 38.3 Å². The fraction of sp³-hybridized carbons (Fsp3) is 0.407. The lowest BCUT2D eigenvalue weighted by molar-refractivity contribution is -0.151. The van der Waals surface area contributed by atoms with Crippen LogP contribution in [0.25, 0.3) is 0 Å². The number of carboxylic acid groups (broad SMARTS) is 2. The Morgan fingerprint density at radius 3 is 2.44 bits per heavy atom. The minimum Gasteiger partial charge on any atom is -0.481 e. The van der Waals surface area contributed by atoms with Gasteiger partial charge in [-0.3, -0.25) is 14.6 Å². The number of pyridine rings is 1. The Kier molecular flexibility index (Phi) is 9.12. The van der Waals surface area contributed by atoms with Gasteiger partial charge in [0.25, 0.3) is 0 Å². The third-order valence-corrected chi connectivity index (χ3v) is 6.99. The number of carbonyl (C=O) groups is 3. The molecule has 11 nitrogen and oxygen atoms in total. The van der Waals surface area contributed by atoms with Gasteiger partial charge in [0.15, 0.2) is 11.6 Å². The number of halogens is 1. The molecule has 0 spiro atoms. The van der Waals surface area contributed by atoms with Crippen molar-refractivity contribution in [2.24, 2.45) is 11.1 Å². The van der Waals surface area contributed by atoms with Gasteiger partial charge in [0, 0.05) is 30.1 Å². The van der Waals surface area contributed by atoms with E-state index in [1.807, 2.05) is 0 Å². The number of carboxylic acids is 2. The summed E-state index contributed by atoms with van der Waals surface area (Å²) in [6.07, 6.45) is 6.33. The Bertz CT molecular complexity index is 1250. The number of ether oxygens (including phenoxy) is 1. The lowest BCUT2D eigenvalue weighted by Crippen LogP contribution is -2.45. The molecule has 1 saturated heterocycles. The molecule has 2 heterocycles. The van der Waals surface area contributed by atoms with Crippen LogP contribution in [0.5, 0.6) is 11.5 Å². The molecular formula is C27H34FN5O6. The maximum Gasteiger partial charge on any atom is 0.316 e. The molecule has 2 amide bonds. The smallest absolute Gasteiger partial charge is 0.316 e. The summed E-state index contributed by atoms with van der Waals surface area (Å²) in [6.45, 7) is 3.56. The molecule has 39 heavy (non-hydrogen) atoms. The van der Waals surface area contributed by atoms with Crippen LogP contribution in [-0.4, -0.2) is 64.2 Å². The molecule has 1 aliphatic carbocycles. The van der Waals surface area contributed by atoms with E-state index in [1.165, 1.54) is 43.5 Å². The standard InChI is InChI=1S/C20H19FN2O5.C7H15N3O/c1-19(17(24)25)6-2-7-20(11-19,18(26)27)16-10-13(5-8-23-16)28-15-4-3-12(22)9-14(15)21;1-10-4-2-6(3-5-10)9-7(8)11/h2-6,8-10H,7,11,22H2,1H3,(H,24,25)(H,26,27);6H,2-5H2,1H3,(H3,8,9,11). The maximum absolute atomic E-state index is 14.0. The number of anilines is 1. The minimum atomic E-state index is -1.54. The van der Waals surface area contributed by atoms with Crippen LogP contribution in [0, 0.1) is 11.2 Å². The molecule has 2 unspecified atom stereocenters. The number of likely N-dealkylation sites (tertiary alicyclic amines) is 1. The number of carbonyl (C=O) groups excluding carboxylic acids is 1. The highest BCUT2D eigenvalue weighted by Gasteiger charge is 2.50. The fourth-order valence-electron chi connectivity index (χ4n) is 4.71. The summed E-state index contributed by atoms with van der Waals surface area (Å²) in [4.78, 5) is 40.7. The summed E-state index contributed by atoms with van der Waals surface area (Å²) in [6, 6.07) is 6.70. The van der Waals surface area contributed by atoms with Crippen LogP contribution < -0.4 is 21.5 Å². The number of amides is 2. The number of aliphatic carboxylic acids is 2. The molecule has 1 aromatic heterocycles. The van der Waals surface area contributed by atoms with Crippen LogP contribution in [0.2, 0.25) is 0 Å². The first-order valence-corrected chi connectivity index (χ1v) is 12.4. The van der Waals surface area contributed by atoms with Crippen molar-refractivity contribution in [3.05, 3.63) is 60.2 Å². The molecule has 12 heteroatoms. The molecule has 2 atom stereocenters. The van der Waals surface area contributed by atoms with Crippen LogP contribution in [-0.2, 0) is 15.0 Å². The Labute approximate surface area is 225 Å². The van der Waals surface area contributed by atoms with Gasteiger partial charge in [-0.25, -0.2) is 9.18 Å². The van der Waals surface area contributed by atoms with E-state index < -0.39 is 34.6 Å². The highest BCUT2D eigenvalue weighted by molar-refractivity contribution is 5.85. The number of rotatable bonds is 6. The summed E-state index contributed by atoms with van der Waals surface area (Å²) in [5.74, 6) is -2.86. The number of aromatic nitrogens is 1. The Balaban J connectivity index is 0.000000320. The van der Waals surface area contributed by atoms with Crippen molar-refractivity contribution in [1.82, 2.24) is 15.2 Å². The summed E-state index contributed by atoms with van der Waals surface area (Å²) in [7, 11) is 2.08. The third-order valence-electron chi connectivity index (χ3n) is 6.99. The first-order chi connectivity index (χ1) is 18.3. The van der Waals surface area contributed by atoms with Crippen LogP contribution in [0.3, 0.4) is 0 Å². The zero-order chi connectivity index (χ0) is 28.8. The summed E-state index contributed by atoms with van der Waals surface area (Å²) in [5.41, 5.74) is 8.01. The molecule has 210 valence electrons. The third kappa shape index (κ3) is 7.23. The fourth-order valence-corrected chi connectivity index (χ4v) is 4.71. The number of primary amides is 1. The molecule has 7 N–H and O–H groups in total. The molecule has 1 aromatic carbocycles. The number of nitrogens with one attached hydrogen (secondary N) is 1. The highest BCUT2D eigenvalue weighted by atomic mass is 19.1. The molecule has 0 bridgehead atoms. The SMILES string of the molecule is CC1(C(=O)O)C=CCC(C(=O)O)(c2cc(Oc3ccc(N)cc3F)ccn2)C1.CN1CCC(NC(N)=O)CC1. The molecular weight excluding hydrogens is 509 g/mol. The average Bonchev–Trinajstić information content (AvgIpc) is 2.87. The van der Waals surface area contributed by atoms with E-state index in [2.05, 4.69) is 22.2 Å². The summed E-state index contributed by atoms with van der Waals surface area (Å²) in [5, 5.41) is 22.2. The summed E-state index contributed by atoms with van der Waals surface area (Å²) < 4.78 is 19.5. The zero-order valence-electron chi connectivity index (χ0n) is 21.9. The highest BCUT2D eigenvalue weighted by Crippen LogP contribution is 2.45. The summed E-state index contributed by atoms with van der Waals surface area (Å²) >= 11 is 0. The predicted octanol–water partition coefficient (Wildman–Crippen LogP) is 3.11. The zero-order valence-corrected chi connectivity index (χ0v) is 21.9. The number of benzene rings is 1. The van der Waals surface area contributed by atoms with Crippen molar-refractivity contribution < 1.29 is 33.7 Å². The lowest BCUT2D eigenvalue weighted by atomic mass is 9.64. The van der Waals surface area contributed by atoms with Gasteiger partial charge >= 0.3 is 18.0 Å². The maximum atomic E-state index is 14.0. The van der Waals surface area contributed by atoms with Crippen LogP contribution in [0.15, 0.2) is 48.7 Å². The second kappa shape index (κ2) is 12.1. The topological polar surface area (TPSA) is 181 Å². The van der Waals surface area contributed by atoms with Gasteiger partial charge in [0.1, 0.15) is 11.2 Å². The Morgan fingerprint density at radius 1 is 1.15 bits per heavy atom. The number of nitrogens with zero attached hydrogens (tertiary/aromatic N) is 2. The molecule has 4 rings (SSSR count). The first kappa shape index (κ1) is 29.4. The van der Waals surface area contributed by atoms with Crippen molar-refractivity contribution in [2.45, 2.75) is 44.1 Å². The van der Waals surface area contributed by atoms with Gasteiger partial charge in [-0.15, -0.1) is 0 Å². The molecule has 0 radical (unpaired) electrons. The van der Waals surface area contributed by atoms with Gasteiger partial charge in [-0.05, 0) is 70.9 Å². The number of nitrogen functional groups attached to an aromatic ring is 1. The molecule has 2 aromatic rings. The quantitative estimate of drug-likeness (QED) is 0.270. The van der Waals surface area contributed by atoms with E-state index in [1.54, 1.807) is 6.08 Å². The van der Waals surface area contributed by atoms with Crippen molar-refractivity contribution >= 4 is 23.7 Å². The van der Waals surface area contributed by atoms with E-state index in [0.29, 0.717) is 6.04 Å². The van der Waals surface area contributed by atoms with E-state index in [4.69, 9.17) is 16.2 Å². The number of urea groups is 1. The van der Waals surface area contributed by atoms with Crippen molar-refractivity contribution in [2.75, 3.05) is 25.9 Å². The van der Waals surface area contributed by atoms with E-state index in [-0.39, 0.29) is 35.7 Å². The monoisotopic (exact) mass is 543 g/mol. The van der Waals surface area contributed by atoms with E-state index >= 15 is 0 Å². The number of hydrogen-bond donors (Lipinski definition) is 5. The molecule has 1 aliphatic heterocycles. The molecule has 2 aliphatic rings. The van der Waals surface area contributed by atoms with Gasteiger partial charge in [-0.2, -0.15) is 0 Å². The van der Waals surface area contributed by atoms with Crippen molar-refractivity contribution in [3.8, 4) is 11.5 Å². The largest absolute Gasteiger partial charge is 0.481 e. The molecule has 1 fully saturated rings. The minimum absolute atomic E-state index is 0.0744. The van der Waals surface area contributed by atoms with Crippen molar-refractivity contribution in [3.63, 3.8) is 0 Å². The van der Waals surface area contributed by atoms with Gasteiger partial charge in [0.2, 0.25) is 0 Å². The van der Waals surface area contributed by atoms with E-state index in [0.717, 1.165) is 32.0 Å². The first-order valence-electron chi connectivity index (χ1n) is 12.4. The normalized spacial score (nSPS) is 23.3. The number of hydrogen-bond acceptors (Lipinski definition) is 7. The Hall–Kier alpha value is -4.19. The van der Waals surface area contributed by atoms with Gasteiger partial charge < -0.3 is 36.6 Å². The second-order valence-electron chi connectivity index (χ2n) is 10.1. The number of allylic oxidation sites excluding steroid dienone is 1. The lowest BCUT2D eigenvalue weighted by Gasteiger charge is -2.37. The van der Waals surface area contributed by atoms with Gasteiger partial charge in [0.05, 0.1) is 11.1 Å². The number of nitrogens with two attached hydrogens (primary N) is 2. The average molecular weight is 544 g/mol. The predicted molar refractivity (Wildman–Crippen MR) is 142 cm³/mol. The number of piperidine rings is 1.